The van der Waals surface area contributed by atoms with E-state index in [2.05, 4.69) is 41.1 Å². The maximum Gasteiger partial charge on any atom is 0.490 e. The topological polar surface area (TPSA) is 96.8 Å². The van der Waals surface area contributed by atoms with Gasteiger partial charge < -0.3 is 9.84 Å². The largest absolute Gasteiger partial charge is 0.490 e. The Bertz CT molecular complexity index is 1300. The Balaban J connectivity index is 0.000000505. The molecule has 0 saturated carbocycles. The molecule has 0 bridgehead atoms. The zero-order valence-electron chi connectivity index (χ0n) is 20.3. The van der Waals surface area contributed by atoms with E-state index in [0.29, 0.717) is 22.5 Å². The predicted octanol–water partition coefficient (Wildman–Crippen LogP) is 6.01. The number of benzene rings is 2. The fourth-order valence-electron chi connectivity index (χ4n) is 3.86. The highest BCUT2D eigenvalue weighted by atomic mass is 35.5. The highest BCUT2D eigenvalue weighted by Crippen LogP contribution is 2.32. The number of hydrogen-bond acceptors (Lipinski definition) is 7. The van der Waals surface area contributed by atoms with Crippen LogP contribution in [-0.2, 0) is 20.4 Å². The van der Waals surface area contributed by atoms with Crippen LogP contribution in [0.25, 0.3) is 0 Å². The van der Waals surface area contributed by atoms with Gasteiger partial charge in [-0.25, -0.2) is 18.2 Å². The van der Waals surface area contributed by atoms with Crippen LogP contribution >= 0.6 is 22.9 Å². The normalized spacial score (nSPS) is 15.8. The summed E-state index contributed by atoms with van der Waals surface area (Å²) in [5, 5.41) is 9.18. The number of thiazole rings is 1. The molecule has 0 unspecified atom stereocenters. The molecule has 2 aromatic carbocycles. The quantitative estimate of drug-likeness (QED) is 0.360. The van der Waals surface area contributed by atoms with Crippen LogP contribution in [0.5, 0.6) is 5.75 Å². The number of nitrogens with zero attached hydrogens (tertiary/aromatic N) is 2. The van der Waals surface area contributed by atoms with Crippen LogP contribution in [0.1, 0.15) is 37.1 Å². The molecule has 13 heteroatoms. The minimum atomic E-state index is -5.08. The number of aliphatic carboxylic acids is 1. The highest BCUT2D eigenvalue weighted by molar-refractivity contribution is 7.90. The Morgan fingerprint density at radius 1 is 1.21 bits per heavy atom. The standard InChI is InChI=1S/C23H25ClN2O3S2.C2HF3O2/c1-17(18-5-3-2-4-6-18)26-11-9-20(10-12-26)29-23-8-7-21(13-22(23)24)31(27,28)15-19-14-30-16-25-19;3-2(4,5)1(6)7/h2-8,13-14,16-17,20H,9-12,15H2,1H3;(H,6,7)/t17-;/m1./s1. The SMILES string of the molecule is C[C@H](c1ccccc1)N1CCC(Oc2ccc(S(=O)(=O)Cc3cscn3)cc2Cl)CC1.O=C(O)C(F)(F)F. The van der Waals surface area contributed by atoms with Crippen molar-refractivity contribution in [2.75, 3.05) is 13.1 Å². The lowest BCUT2D eigenvalue weighted by molar-refractivity contribution is -0.192. The molecule has 3 aromatic rings. The van der Waals surface area contributed by atoms with Gasteiger partial charge in [-0.3, -0.25) is 4.90 Å². The van der Waals surface area contributed by atoms with E-state index in [0.717, 1.165) is 25.9 Å². The molecule has 2 heterocycles. The fourth-order valence-corrected chi connectivity index (χ4v) is 6.10. The van der Waals surface area contributed by atoms with Crippen molar-refractivity contribution in [3.05, 3.63) is 75.7 Å². The second-order valence-electron chi connectivity index (χ2n) is 8.57. The molecule has 0 aliphatic carbocycles. The number of carboxylic acids is 1. The highest BCUT2D eigenvalue weighted by Gasteiger charge is 2.38. The molecule has 1 fully saturated rings. The number of sulfone groups is 1. The molecule has 1 N–H and O–H groups in total. The first kappa shape index (κ1) is 29.9. The van der Waals surface area contributed by atoms with E-state index in [9.17, 15) is 21.6 Å². The van der Waals surface area contributed by atoms with Crippen LogP contribution in [0.3, 0.4) is 0 Å². The van der Waals surface area contributed by atoms with Gasteiger partial charge in [-0.05, 0) is 43.5 Å². The van der Waals surface area contributed by atoms with E-state index >= 15 is 0 Å². The van der Waals surface area contributed by atoms with Crippen molar-refractivity contribution in [1.82, 2.24) is 9.88 Å². The Morgan fingerprint density at radius 3 is 2.37 bits per heavy atom. The maximum atomic E-state index is 12.6. The maximum absolute atomic E-state index is 12.6. The number of carbonyl (C=O) groups is 1. The second-order valence-corrected chi connectivity index (χ2v) is 11.7. The number of piperidine rings is 1. The van der Waals surface area contributed by atoms with Gasteiger partial charge in [0.2, 0.25) is 0 Å². The lowest BCUT2D eigenvalue weighted by Crippen LogP contribution is -2.39. The summed E-state index contributed by atoms with van der Waals surface area (Å²) in [5.41, 5.74) is 3.48. The zero-order chi connectivity index (χ0) is 27.9. The van der Waals surface area contributed by atoms with Crippen molar-refractivity contribution in [2.45, 2.75) is 48.7 Å². The van der Waals surface area contributed by atoms with Gasteiger partial charge >= 0.3 is 12.1 Å². The molecule has 7 nitrogen and oxygen atoms in total. The van der Waals surface area contributed by atoms with Gasteiger partial charge in [0.25, 0.3) is 0 Å². The van der Waals surface area contributed by atoms with Crippen LogP contribution in [0.4, 0.5) is 13.2 Å². The first-order chi connectivity index (χ1) is 17.9. The third-order valence-corrected chi connectivity index (χ3v) is 8.50. The molecular formula is C25H26ClF3N2O5S2. The Labute approximate surface area is 227 Å². The third kappa shape index (κ3) is 8.42. The predicted molar refractivity (Wildman–Crippen MR) is 138 cm³/mol. The average Bonchev–Trinajstić information content (AvgIpc) is 3.38. The fraction of sp³-hybridized carbons (Fsp3) is 0.360. The van der Waals surface area contributed by atoms with Gasteiger partial charge in [0.05, 0.1) is 26.9 Å². The molecule has 0 amide bonds. The number of carboxylic acid groups (broad SMARTS) is 1. The van der Waals surface area contributed by atoms with E-state index in [-0.39, 0.29) is 16.8 Å². The van der Waals surface area contributed by atoms with Crippen molar-refractivity contribution >= 4 is 38.7 Å². The first-order valence-electron chi connectivity index (χ1n) is 11.5. The van der Waals surface area contributed by atoms with Crippen molar-refractivity contribution < 1.29 is 36.2 Å². The summed E-state index contributed by atoms with van der Waals surface area (Å²) in [6.45, 7) is 4.12. The van der Waals surface area contributed by atoms with E-state index < -0.39 is 22.0 Å². The molecule has 4 rings (SSSR count). The summed E-state index contributed by atoms with van der Waals surface area (Å²) < 4.78 is 63.1. The monoisotopic (exact) mass is 590 g/mol. The number of halogens is 4. The van der Waals surface area contributed by atoms with Gasteiger partial charge in [0.1, 0.15) is 11.9 Å². The van der Waals surface area contributed by atoms with Crippen LogP contribution in [0.15, 0.2) is 64.3 Å². The Morgan fingerprint density at radius 2 is 1.84 bits per heavy atom. The average molecular weight is 591 g/mol. The summed E-state index contributed by atoms with van der Waals surface area (Å²) in [5.74, 6) is -2.36. The summed E-state index contributed by atoms with van der Waals surface area (Å²) in [4.78, 5) is 15.6. The van der Waals surface area contributed by atoms with Gasteiger partial charge in [-0.15, -0.1) is 11.3 Å². The van der Waals surface area contributed by atoms with E-state index in [1.165, 1.54) is 23.0 Å². The van der Waals surface area contributed by atoms with E-state index in [4.69, 9.17) is 26.2 Å². The number of ether oxygens (including phenoxy) is 1. The molecule has 1 aliphatic heterocycles. The van der Waals surface area contributed by atoms with Crippen LogP contribution < -0.4 is 4.74 Å². The van der Waals surface area contributed by atoms with Crippen molar-refractivity contribution in [1.29, 1.82) is 0 Å². The molecule has 206 valence electrons. The number of aromatic nitrogens is 1. The molecule has 1 aliphatic rings. The summed E-state index contributed by atoms with van der Waals surface area (Å²) in [6, 6.07) is 15.6. The van der Waals surface area contributed by atoms with Gasteiger partial charge in [-0.1, -0.05) is 41.9 Å². The van der Waals surface area contributed by atoms with Gasteiger partial charge in [0.15, 0.2) is 9.84 Å². The molecule has 1 atom stereocenters. The summed E-state index contributed by atoms with van der Waals surface area (Å²) in [7, 11) is -3.50. The van der Waals surface area contributed by atoms with Crippen molar-refractivity contribution in [3.63, 3.8) is 0 Å². The van der Waals surface area contributed by atoms with Crippen LogP contribution in [-0.4, -0.2) is 54.7 Å². The summed E-state index contributed by atoms with van der Waals surface area (Å²) >= 11 is 7.76. The summed E-state index contributed by atoms with van der Waals surface area (Å²) in [6.07, 6.45) is -3.22. The number of hydrogen-bond donors (Lipinski definition) is 1. The Hall–Kier alpha value is -2.67. The van der Waals surface area contributed by atoms with E-state index in [1.54, 1.807) is 23.0 Å². The Kier molecular flexibility index (Phi) is 10.2. The minimum absolute atomic E-state index is 0.0641. The molecule has 0 radical (unpaired) electrons. The van der Waals surface area contributed by atoms with E-state index in [1.807, 2.05) is 6.07 Å². The van der Waals surface area contributed by atoms with Crippen LogP contribution in [0.2, 0.25) is 5.02 Å². The number of alkyl halides is 3. The van der Waals surface area contributed by atoms with Gasteiger partial charge in [0, 0.05) is 24.5 Å². The molecule has 0 spiro atoms. The van der Waals surface area contributed by atoms with Gasteiger partial charge in [-0.2, -0.15) is 13.2 Å². The molecule has 1 aromatic heterocycles. The van der Waals surface area contributed by atoms with Crippen molar-refractivity contribution in [2.24, 2.45) is 0 Å². The first-order valence-corrected chi connectivity index (χ1v) is 14.5. The van der Waals surface area contributed by atoms with Crippen LogP contribution in [0, 0.1) is 0 Å². The number of likely N-dealkylation sites (tertiary alicyclic amines) is 1. The lowest BCUT2D eigenvalue weighted by atomic mass is 10.0. The second kappa shape index (κ2) is 12.9. The third-order valence-electron chi connectivity index (χ3n) is 5.93. The smallest absolute Gasteiger partial charge is 0.489 e. The van der Waals surface area contributed by atoms with Crippen molar-refractivity contribution in [3.8, 4) is 5.75 Å². The molecular weight excluding hydrogens is 565 g/mol. The zero-order valence-corrected chi connectivity index (χ0v) is 22.7. The number of rotatable bonds is 7. The minimum Gasteiger partial charge on any atom is -0.489 e. The molecule has 38 heavy (non-hydrogen) atoms. The molecule has 1 saturated heterocycles. The lowest BCUT2D eigenvalue weighted by Gasteiger charge is -2.36.